The molecule has 0 atom stereocenters. The molecule has 0 aliphatic carbocycles. The molecule has 132 valence electrons. The first-order chi connectivity index (χ1) is 12.7. The number of nitrogens with one attached hydrogen (secondary N) is 1. The van der Waals surface area contributed by atoms with Crippen LogP contribution < -0.4 is 19.5 Å². The number of aromatic nitrogens is 2. The molecule has 0 saturated carbocycles. The maximum atomic E-state index is 12.4. The van der Waals surface area contributed by atoms with Gasteiger partial charge in [0, 0.05) is 5.56 Å². The first kappa shape index (κ1) is 17.2. The van der Waals surface area contributed by atoms with Crippen molar-refractivity contribution in [3.05, 3.63) is 66.4 Å². The molecule has 1 heterocycles. The van der Waals surface area contributed by atoms with Crippen LogP contribution in [0.1, 0.15) is 10.4 Å². The molecule has 3 aromatic rings. The van der Waals surface area contributed by atoms with Crippen LogP contribution in [0.4, 0.5) is 5.69 Å². The van der Waals surface area contributed by atoms with Crippen molar-refractivity contribution in [3.8, 4) is 23.4 Å². The highest BCUT2D eigenvalue weighted by Gasteiger charge is 2.13. The molecule has 0 fully saturated rings. The molecule has 0 radical (unpaired) electrons. The van der Waals surface area contributed by atoms with Gasteiger partial charge in [0.2, 0.25) is 5.88 Å². The molecule has 0 unspecified atom stereocenters. The number of methoxy groups -OCH3 is 2. The highest BCUT2D eigenvalue weighted by Crippen LogP contribution is 2.24. The highest BCUT2D eigenvalue weighted by atomic mass is 16.5. The van der Waals surface area contributed by atoms with Gasteiger partial charge in [-0.05, 0) is 36.4 Å². The maximum Gasteiger partial charge on any atom is 0.319 e. The zero-order valence-corrected chi connectivity index (χ0v) is 14.3. The molecule has 0 spiro atoms. The summed E-state index contributed by atoms with van der Waals surface area (Å²) in [5.74, 6) is 1.26. The second-order valence-corrected chi connectivity index (χ2v) is 5.17. The van der Waals surface area contributed by atoms with Crippen molar-refractivity contribution in [1.29, 1.82) is 0 Å². The molecule has 0 aliphatic heterocycles. The smallest absolute Gasteiger partial charge is 0.319 e. The van der Waals surface area contributed by atoms with Gasteiger partial charge in [0.15, 0.2) is 0 Å². The molecule has 1 aromatic heterocycles. The Balaban J connectivity index is 1.70. The largest absolute Gasteiger partial charge is 0.479 e. The second-order valence-electron chi connectivity index (χ2n) is 5.17. The first-order valence-corrected chi connectivity index (χ1v) is 7.79. The van der Waals surface area contributed by atoms with Gasteiger partial charge in [-0.1, -0.05) is 18.2 Å². The lowest BCUT2D eigenvalue weighted by Crippen LogP contribution is -2.13. The molecule has 7 heteroatoms. The summed E-state index contributed by atoms with van der Waals surface area (Å²) in [6, 6.07) is 16.4. The third-order valence-corrected chi connectivity index (χ3v) is 3.45. The SMILES string of the molecule is COc1ncc(NC(=O)c2ccc(Oc3ccccc3)cc2)c(OC)n1. The monoisotopic (exact) mass is 351 g/mol. The van der Waals surface area contributed by atoms with E-state index in [0.29, 0.717) is 17.0 Å². The summed E-state index contributed by atoms with van der Waals surface area (Å²) >= 11 is 0. The predicted octanol–water partition coefficient (Wildman–Crippen LogP) is 3.54. The van der Waals surface area contributed by atoms with E-state index >= 15 is 0 Å². The Labute approximate surface area is 150 Å². The van der Waals surface area contributed by atoms with Gasteiger partial charge in [-0.15, -0.1) is 0 Å². The van der Waals surface area contributed by atoms with E-state index in [9.17, 15) is 4.79 Å². The fourth-order valence-electron chi connectivity index (χ4n) is 2.18. The Morgan fingerprint density at radius 2 is 1.62 bits per heavy atom. The number of anilines is 1. The summed E-state index contributed by atoms with van der Waals surface area (Å²) in [5.41, 5.74) is 0.811. The van der Waals surface area contributed by atoms with Gasteiger partial charge in [0.25, 0.3) is 5.91 Å². The Kier molecular flexibility index (Phi) is 5.28. The van der Waals surface area contributed by atoms with Gasteiger partial charge in [-0.2, -0.15) is 4.98 Å². The number of benzene rings is 2. The van der Waals surface area contributed by atoms with E-state index in [4.69, 9.17) is 14.2 Å². The number of hydrogen-bond donors (Lipinski definition) is 1. The normalized spacial score (nSPS) is 10.1. The number of rotatable bonds is 6. The number of ether oxygens (including phenoxy) is 3. The lowest BCUT2D eigenvalue weighted by atomic mass is 10.2. The molecule has 1 amide bonds. The average molecular weight is 351 g/mol. The van der Waals surface area contributed by atoms with Crippen LogP contribution in [0, 0.1) is 0 Å². The van der Waals surface area contributed by atoms with E-state index in [2.05, 4.69) is 15.3 Å². The van der Waals surface area contributed by atoms with E-state index in [1.807, 2.05) is 30.3 Å². The van der Waals surface area contributed by atoms with E-state index < -0.39 is 0 Å². The molecule has 0 aliphatic rings. The van der Waals surface area contributed by atoms with Gasteiger partial charge in [-0.3, -0.25) is 4.79 Å². The van der Waals surface area contributed by atoms with Gasteiger partial charge < -0.3 is 19.5 Å². The second kappa shape index (κ2) is 7.98. The van der Waals surface area contributed by atoms with Crippen LogP contribution in [0.15, 0.2) is 60.8 Å². The summed E-state index contributed by atoms with van der Waals surface area (Å²) < 4.78 is 15.8. The molecule has 1 N–H and O–H groups in total. The highest BCUT2D eigenvalue weighted by molar-refractivity contribution is 6.04. The lowest BCUT2D eigenvalue weighted by Gasteiger charge is -2.10. The number of carbonyl (C=O) groups is 1. The van der Waals surface area contributed by atoms with E-state index in [0.717, 1.165) is 5.75 Å². The van der Waals surface area contributed by atoms with Crippen LogP contribution >= 0.6 is 0 Å². The first-order valence-electron chi connectivity index (χ1n) is 7.79. The van der Waals surface area contributed by atoms with Crippen molar-refractivity contribution >= 4 is 11.6 Å². The number of nitrogens with zero attached hydrogens (tertiary/aromatic N) is 2. The summed E-state index contributed by atoms with van der Waals surface area (Å²) in [7, 11) is 2.90. The standard InChI is InChI=1S/C19H17N3O4/c1-24-18-16(12-20-19(22-18)25-2)21-17(23)13-8-10-15(11-9-13)26-14-6-4-3-5-7-14/h3-12H,1-2H3,(H,21,23). The summed E-state index contributed by atoms with van der Waals surface area (Å²) in [5, 5.41) is 2.71. The zero-order valence-electron chi connectivity index (χ0n) is 14.3. The molecule has 3 rings (SSSR count). The summed E-state index contributed by atoms with van der Waals surface area (Å²) in [6.07, 6.45) is 1.43. The van der Waals surface area contributed by atoms with Crippen LogP contribution in [0.5, 0.6) is 23.4 Å². The minimum atomic E-state index is -0.316. The Morgan fingerprint density at radius 3 is 2.27 bits per heavy atom. The van der Waals surface area contributed by atoms with Crippen molar-refractivity contribution in [2.24, 2.45) is 0 Å². The van der Waals surface area contributed by atoms with E-state index in [-0.39, 0.29) is 17.8 Å². The van der Waals surface area contributed by atoms with Crippen LogP contribution in [0.2, 0.25) is 0 Å². The lowest BCUT2D eigenvalue weighted by molar-refractivity contribution is 0.102. The third kappa shape index (κ3) is 4.07. The third-order valence-electron chi connectivity index (χ3n) is 3.45. The fourth-order valence-corrected chi connectivity index (χ4v) is 2.18. The van der Waals surface area contributed by atoms with Crippen LogP contribution in [0.25, 0.3) is 0 Å². The van der Waals surface area contributed by atoms with Crippen molar-refractivity contribution < 1.29 is 19.0 Å². The summed E-state index contributed by atoms with van der Waals surface area (Å²) in [4.78, 5) is 20.4. The van der Waals surface area contributed by atoms with Crippen molar-refractivity contribution in [2.45, 2.75) is 0 Å². The van der Waals surface area contributed by atoms with Crippen LogP contribution in [-0.2, 0) is 0 Å². The maximum absolute atomic E-state index is 12.4. The molecule has 0 saturated heterocycles. The minimum Gasteiger partial charge on any atom is -0.479 e. The number of amides is 1. The number of para-hydroxylation sites is 1. The molecular formula is C19H17N3O4. The molecule has 0 bridgehead atoms. The van der Waals surface area contributed by atoms with Crippen molar-refractivity contribution in [3.63, 3.8) is 0 Å². The Bertz CT molecular complexity index is 883. The molecule has 7 nitrogen and oxygen atoms in total. The molecule has 26 heavy (non-hydrogen) atoms. The predicted molar refractivity (Wildman–Crippen MR) is 96.0 cm³/mol. The van der Waals surface area contributed by atoms with Crippen LogP contribution in [0.3, 0.4) is 0 Å². The number of hydrogen-bond acceptors (Lipinski definition) is 6. The van der Waals surface area contributed by atoms with Crippen LogP contribution in [-0.4, -0.2) is 30.1 Å². The fraction of sp³-hybridized carbons (Fsp3) is 0.105. The molecular weight excluding hydrogens is 334 g/mol. The van der Waals surface area contributed by atoms with Crippen molar-refractivity contribution in [1.82, 2.24) is 9.97 Å². The van der Waals surface area contributed by atoms with Crippen molar-refractivity contribution in [2.75, 3.05) is 19.5 Å². The van der Waals surface area contributed by atoms with Gasteiger partial charge >= 0.3 is 6.01 Å². The van der Waals surface area contributed by atoms with Gasteiger partial charge in [-0.25, -0.2) is 4.98 Å². The topological polar surface area (TPSA) is 82.6 Å². The Morgan fingerprint density at radius 1 is 0.923 bits per heavy atom. The van der Waals surface area contributed by atoms with E-state index in [1.54, 1.807) is 24.3 Å². The minimum absolute atomic E-state index is 0.155. The van der Waals surface area contributed by atoms with Gasteiger partial charge in [0.1, 0.15) is 17.2 Å². The summed E-state index contributed by atoms with van der Waals surface area (Å²) in [6.45, 7) is 0. The zero-order chi connectivity index (χ0) is 18.4. The Hall–Kier alpha value is -3.61. The quantitative estimate of drug-likeness (QED) is 0.731. The van der Waals surface area contributed by atoms with Gasteiger partial charge in [0.05, 0.1) is 20.4 Å². The molecule has 2 aromatic carbocycles. The van der Waals surface area contributed by atoms with E-state index in [1.165, 1.54) is 20.4 Å². The average Bonchev–Trinajstić information content (AvgIpc) is 2.69. The number of carbonyl (C=O) groups excluding carboxylic acids is 1.